The first-order chi connectivity index (χ1) is 5.04. The maximum absolute atomic E-state index is 10.6. The molecule has 0 aliphatic carbocycles. The first-order valence-corrected chi connectivity index (χ1v) is 4.87. The fourth-order valence-corrected chi connectivity index (χ4v) is 2.17. The van der Waals surface area contributed by atoms with Crippen molar-refractivity contribution in [3.63, 3.8) is 0 Å². The Balaban J connectivity index is 2.97. The molecule has 11 heavy (non-hydrogen) atoms. The van der Waals surface area contributed by atoms with Crippen LogP contribution in [0.3, 0.4) is 0 Å². The number of carbonyl (C=O) groups is 1. The topological polar surface area (TPSA) is 46.5 Å². The van der Waals surface area contributed by atoms with Crippen LogP contribution in [0.15, 0.2) is 11.3 Å². The smallest absolute Gasteiger partial charge is 0.375 e. The molecule has 0 spiro atoms. The lowest BCUT2D eigenvalue weighted by molar-refractivity contribution is -0.139. The second kappa shape index (κ2) is 3.33. The molecule has 0 amide bonds. The number of aliphatic hydroxyl groups excluding tert-OH is 1. The van der Waals surface area contributed by atoms with Gasteiger partial charge in [-0.25, -0.2) is 4.79 Å². The number of ether oxygens (including phenoxy) is 1. The molecular weight excluding hydrogens is 303 g/mol. The maximum atomic E-state index is 10.6. The molecule has 0 aromatic rings. The predicted molar refractivity (Wildman–Crippen MR) is 47.0 cm³/mol. The zero-order chi connectivity index (χ0) is 8.59. The molecule has 0 aromatic heterocycles. The summed E-state index contributed by atoms with van der Waals surface area (Å²) in [5, 5.41) is 9.06. The highest BCUT2D eigenvalue weighted by atomic mass is 79.9. The minimum atomic E-state index is -0.883. The van der Waals surface area contributed by atoms with E-state index in [2.05, 4.69) is 36.6 Å². The van der Waals surface area contributed by atoms with Gasteiger partial charge in [0.05, 0.1) is 9.31 Å². The number of esters is 1. The molecule has 0 saturated carbocycles. The number of cyclic esters (lactones) is 1. The van der Waals surface area contributed by atoms with Gasteiger partial charge in [0.15, 0.2) is 0 Å². The third-order valence-corrected chi connectivity index (χ3v) is 2.47. The molecule has 1 rings (SSSR count). The average molecular weight is 306 g/mol. The van der Waals surface area contributed by atoms with Crippen molar-refractivity contribution in [2.75, 3.05) is 0 Å². The van der Waals surface area contributed by atoms with Crippen molar-refractivity contribution in [2.24, 2.45) is 0 Å². The van der Waals surface area contributed by atoms with Gasteiger partial charge in [-0.05, 0) is 0 Å². The van der Waals surface area contributed by atoms with E-state index in [1.54, 1.807) is 0 Å². The molecule has 3 nitrogen and oxygen atoms in total. The molecule has 0 radical (unpaired) electrons. The van der Waals surface area contributed by atoms with Crippen molar-refractivity contribution < 1.29 is 14.6 Å². The minimum Gasteiger partial charge on any atom is -0.502 e. The third kappa shape index (κ3) is 1.71. The summed E-state index contributed by atoms with van der Waals surface area (Å²) in [6.45, 7) is 0. The normalized spacial score (nSPS) is 24.7. The number of alkyl halides is 3. The largest absolute Gasteiger partial charge is 0.502 e. The van der Waals surface area contributed by atoms with Crippen LogP contribution in [0.25, 0.3) is 0 Å². The Bertz CT molecular complexity index is 226. The highest BCUT2D eigenvalue weighted by molar-refractivity contribution is 9.24. The van der Waals surface area contributed by atoms with Crippen LogP contribution in [0.2, 0.25) is 0 Å². The Morgan fingerprint density at radius 1 is 1.64 bits per heavy atom. The second-order valence-corrected chi connectivity index (χ2v) is 5.28. The Kier molecular flexibility index (Phi) is 2.83. The lowest BCUT2D eigenvalue weighted by Gasteiger charge is -2.05. The van der Waals surface area contributed by atoms with Gasteiger partial charge in [0, 0.05) is 0 Å². The molecule has 0 saturated heterocycles. The quantitative estimate of drug-likeness (QED) is 0.596. The molecule has 1 unspecified atom stereocenters. The van der Waals surface area contributed by atoms with Crippen LogP contribution in [0, 0.1) is 0 Å². The van der Waals surface area contributed by atoms with Crippen LogP contribution < -0.4 is 0 Å². The van der Waals surface area contributed by atoms with E-state index in [1.165, 1.54) is 0 Å². The predicted octanol–water partition coefficient (Wildman–Crippen LogP) is 2.04. The van der Waals surface area contributed by atoms with E-state index in [0.29, 0.717) is 5.57 Å². The van der Waals surface area contributed by atoms with Crippen molar-refractivity contribution >= 4 is 49.4 Å². The molecule has 0 bridgehead atoms. The summed E-state index contributed by atoms with van der Waals surface area (Å²) in [4.78, 5) is 10.6. The summed E-state index contributed by atoms with van der Waals surface area (Å²) in [6.07, 6.45) is 0. The number of hydrogen-bond acceptors (Lipinski definition) is 3. The van der Waals surface area contributed by atoms with E-state index in [4.69, 9.17) is 16.7 Å². The lowest BCUT2D eigenvalue weighted by atomic mass is 10.3. The zero-order valence-electron chi connectivity index (χ0n) is 5.05. The van der Waals surface area contributed by atoms with E-state index in [9.17, 15) is 4.79 Å². The molecular formula is C5H3Br2ClO3. The Morgan fingerprint density at radius 3 is 2.36 bits per heavy atom. The van der Waals surface area contributed by atoms with Gasteiger partial charge in [0.25, 0.3) is 0 Å². The Labute approximate surface area is 84.6 Å². The summed E-state index contributed by atoms with van der Waals surface area (Å²) < 4.78 is 4.15. The first kappa shape index (κ1) is 9.35. The van der Waals surface area contributed by atoms with E-state index in [0.717, 1.165) is 0 Å². The van der Waals surface area contributed by atoms with E-state index in [-0.39, 0.29) is 3.74 Å². The monoisotopic (exact) mass is 304 g/mol. The van der Waals surface area contributed by atoms with Crippen LogP contribution in [0.1, 0.15) is 0 Å². The molecule has 1 aliphatic heterocycles. The molecule has 1 N–H and O–H groups in total. The average Bonchev–Trinajstić information content (AvgIpc) is 2.07. The van der Waals surface area contributed by atoms with Gasteiger partial charge in [0.2, 0.25) is 11.3 Å². The molecule has 1 heterocycles. The Hall–Kier alpha value is 0.260. The molecule has 1 atom stereocenters. The molecule has 62 valence electrons. The Morgan fingerprint density at radius 2 is 2.18 bits per heavy atom. The summed E-state index contributed by atoms with van der Waals surface area (Å²) in [5.74, 6) is -1.22. The molecule has 1 aliphatic rings. The van der Waals surface area contributed by atoms with Crippen molar-refractivity contribution in [3.05, 3.63) is 11.3 Å². The van der Waals surface area contributed by atoms with Crippen molar-refractivity contribution in [1.29, 1.82) is 0 Å². The maximum Gasteiger partial charge on any atom is 0.375 e. The van der Waals surface area contributed by atoms with Crippen LogP contribution in [-0.2, 0) is 9.53 Å². The van der Waals surface area contributed by atoms with Gasteiger partial charge in [-0.3, -0.25) is 0 Å². The number of hydrogen-bond donors (Lipinski definition) is 1. The highest BCUT2D eigenvalue weighted by Crippen LogP contribution is 2.32. The summed E-state index contributed by atoms with van der Waals surface area (Å²) in [6, 6.07) is 0. The van der Waals surface area contributed by atoms with Crippen LogP contribution in [-0.4, -0.2) is 20.4 Å². The van der Waals surface area contributed by atoms with Gasteiger partial charge < -0.3 is 9.84 Å². The summed E-state index contributed by atoms with van der Waals surface area (Å²) in [7, 11) is 0. The highest BCUT2D eigenvalue weighted by Gasteiger charge is 2.35. The van der Waals surface area contributed by atoms with Gasteiger partial charge in [0.1, 0.15) is 0 Å². The second-order valence-electron chi connectivity index (χ2n) is 1.83. The van der Waals surface area contributed by atoms with Gasteiger partial charge in [-0.1, -0.05) is 43.5 Å². The summed E-state index contributed by atoms with van der Waals surface area (Å²) in [5.41, 5.74) is -0.581. The SMILES string of the molecule is O=C1OC(Cl)C(C(Br)Br)=C1O. The van der Waals surface area contributed by atoms with Crippen molar-refractivity contribution in [3.8, 4) is 0 Å². The third-order valence-electron chi connectivity index (χ3n) is 1.16. The number of rotatable bonds is 1. The first-order valence-electron chi connectivity index (χ1n) is 2.60. The van der Waals surface area contributed by atoms with Crippen LogP contribution in [0.5, 0.6) is 0 Å². The number of halogens is 3. The molecule has 0 aromatic carbocycles. The van der Waals surface area contributed by atoms with E-state index in [1.807, 2.05) is 0 Å². The lowest BCUT2D eigenvalue weighted by Crippen LogP contribution is -2.06. The zero-order valence-corrected chi connectivity index (χ0v) is 8.98. The van der Waals surface area contributed by atoms with E-state index >= 15 is 0 Å². The van der Waals surface area contributed by atoms with Crippen molar-refractivity contribution in [2.45, 2.75) is 9.30 Å². The van der Waals surface area contributed by atoms with Gasteiger partial charge in [-0.15, -0.1) is 0 Å². The van der Waals surface area contributed by atoms with Gasteiger partial charge >= 0.3 is 5.97 Å². The fraction of sp³-hybridized carbons (Fsp3) is 0.400. The van der Waals surface area contributed by atoms with Crippen molar-refractivity contribution in [1.82, 2.24) is 0 Å². The molecule has 0 fully saturated rings. The fourth-order valence-electron chi connectivity index (χ4n) is 0.641. The van der Waals surface area contributed by atoms with E-state index < -0.39 is 17.3 Å². The van der Waals surface area contributed by atoms with Crippen LogP contribution >= 0.6 is 43.5 Å². The van der Waals surface area contributed by atoms with Crippen LogP contribution in [0.4, 0.5) is 0 Å². The minimum absolute atomic E-state index is 0.302. The standard InChI is InChI=1S/C5H3Br2ClO3/c6-3(7)1-2(9)5(10)11-4(1)8/h3-4,9H. The number of aliphatic hydroxyl groups is 1. The van der Waals surface area contributed by atoms with Gasteiger partial charge in [-0.2, -0.15) is 0 Å². The summed E-state index contributed by atoms with van der Waals surface area (Å²) >= 11 is 11.7. The number of carbonyl (C=O) groups excluding carboxylic acids is 1. The molecule has 6 heteroatoms.